The third-order valence-corrected chi connectivity index (χ3v) is 3.49. The molecule has 0 saturated heterocycles. The largest absolute Gasteiger partial charge is 0.465 e. The zero-order chi connectivity index (χ0) is 17.5. The zero-order valence-electron chi connectivity index (χ0n) is 13.7. The highest BCUT2D eigenvalue weighted by molar-refractivity contribution is 5.96. The van der Waals surface area contributed by atoms with E-state index >= 15 is 0 Å². The minimum absolute atomic E-state index is 0.196. The quantitative estimate of drug-likeness (QED) is 0.758. The van der Waals surface area contributed by atoms with Gasteiger partial charge in [0, 0.05) is 18.1 Å². The standard InChI is InChI=1S/C18H21N3O3/c1-12(2)11-16(21-18(23)24)17(22)20-15-5-3-13(4-6-15)14-7-9-19-10-8-14/h3-10,12,16,21H,11H2,1-2H3,(H,20,22)(H,23,24). The van der Waals surface area contributed by atoms with Crippen molar-refractivity contribution in [1.82, 2.24) is 10.3 Å². The normalized spacial score (nSPS) is 11.8. The minimum atomic E-state index is -1.20. The summed E-state index contributed by atoms with van der Waals surface area (Å²) in [6, 6.07) is 10.4. The van der Waals surface area contributed by atoms with Crippen molar-refractivity contribution in [2.45, 2.75) is 26.3 Å². The lowest BCUT2D eigenvalue weighted by Gasteiger charge is -2.18. The molecule has 1 unspecified atom stereocenters. The van der Waals surface area contributed by atoms with Crippen LogP contribution in [0.3, 0.4) is 0 Å². The predicted octanol–water partition coefficient (Wildman–Crippen LogP) is 3.37. The van der Waals surface area contributed by atoms with E-state index in [1.54, 1.807) is 24.5 Å². The van der Waals surface area contributed by atoms with Gasteiger partial charge in [0.25, 0.3) is 0 Å². The number of hydrogen-bond donors (Lipinski definition) is 3. The van der Waals surface area contributed by atoms with E-state index in [0.717, 1.165) is 11.1 Å². The number of carbonyl (C=O) groups is 2. The summed E-state index contributed by atoms with van der Waals surface area (Å²) >= 11 is 0. The van der Waals surface area contributed by atoms with Gasteiger partial charge in [0.2, 0.25) is 5.91 Å². The van der Waals surface area contributed by atoms with Crippen LogP contribution in [0.4, 0.5) is 10.5 Å². The second-order valence-corrected chi connectivity index (χ2v) is 5.93. The van der Waals surface area contributed by atoms with E-state index in [2.05, 4.69) is 15.6 Å². The highest BCUT2D eigenvalue weighted by Crippen LogP contribution is 2.20. The Bertz CT molecular complexity index is 684. The molecule has 3 N–H and O–H groups in total. The van der Waals surface area contributed by atoms with Gasteiger partial charge in [0.1, 0.15) is 6.04 Å². The maximum Gasteiger partial charge on any atom is 0.405 e. The van der Waals surface area contributed by atoms with Crippen LogP contribution >= 0.6 is 0 Å². The summed E-state index contributed by atoms with van der Waals surface area (Å²) in [7, 11) is 0. The van der Waals surface area contributed by atoms with Gasteiger partial charge >= 0.3 is 6.09 Å². The lowest BCUT2D eigenvalue weighted by atomic mass is 10.0. The van der Waals surface area contributed by atoms with Crippen molar-refractivity contribution in [2.24, 2.45) is 5.92 Å². The van der Waals surface area contributed by atoms with Crippen molar-refractivity contribution in [3.8, 4) is 11.1 Å². The van der Waals surface area contributed by atoms with Gasteiger partial charge < -0.3 is 15.7 Å². The second-order valence-electron chi connectivity index (χ2n) is 5.93. The number of benzene rings is 1. The molecule has 0 fully saturated rings. The summed E-state index contributed by atoms with van der Waals surface area (Å²) < 4.78 is 0. The molecular formula is C18H21N3O3. The van der Waals surface area contributed by atoms with Gasteiger partial charge in [-0.15, -0.1) is 0 Å². The first-order valence-corrected chi connectivity index (χ1v) is 7.76. The van der Waals surface area contributed by atoms with Crippen LogP contribution in [0.25, 0.3) is 11.1 Å². The molecule has 0 saturated carbocycles. The maximum absolute atomic E-state index is 12.3. The monoisotopic (exact) mass is 327 g/mol. The Hall–Kier alpha value is -2.89. The fourth-order valence-corrected chi connectivity index (χ4v) is 2.37. The molecule has 0 aliphatic rings. The molecule has 1 heterocycles. The number of rotatable bonds is 6. The molecule has 6 heteroatoms. The topological polar surface area (TPSA) is 91.3 Å². The van der Waals surface area contributed by atoms with E-state index in [9.17, 15) is 9.59 Å². The number of anilines is 1. The molecule has 126 valence electrons. The molecule has 1 aromatic carbocycles. The molecule has 0 aliphatic carbocycles. The third kappa shape index (κ3) is 5.08. The SMILES string of the molecule is CC(C)CC(NC(=O)O)C(=O)Nc1ccc(-c2ccncc2)cc1. The summed E-state index contributed by atoms with van der Waals surface area (Å²) in [5, 5.41) is 13.9. The van der Waals surface area contributed by atoms with Crippen LogP contribution in [0.1, 0.15) is 20.3 Å². The van der Waals surface area contributed by atoms with Crippen molar-refractivity contribution in [2.75, 3.05) is 5.32 Å². The van der Waals surface area contributed by atoms with E-state index < -0.39 is 12.1 Å². The molecule has 0 bridgehead atoms. The molecule has 1 aromatic heterocycles. The summed E-state index contributed by atoms with van der Waals surface area (Å²) in [6.45, 7) is 3.88. The Labute approximate surface area is 140 Å². The molecule has 0 radical (unpaired) electrons. The Morgan fingerprint density at radius 1 is 1.04 bits per heavy atom. The van der Waals surface area contributed by atoms with Gasteiger partial charge in [-0.2, -0.15) is 0 Å². The Morgan fingerprint density at radius 2 is 1.62 bits per heavy atom. The molecular weight excluding hydrogens is 306 g/mol. The molecule has 24 heavy (non-hydrogen) atoms. The summed E-state index contributed by atoms with van der Waals surface area (Å²) in [5.41, 5.74) is 2.67. The maximum atomic E-state index is 12.3. The number of carboxylic acid groups (broad SMARTS) is 1. The number of aromatic nitrogens is 1. The fraction of sp³-hybridized carbons (Fsp3) is 0.278. The van der Waals surface area contributed by atoms with Crippen molar-refractivity contribution in [1.29, 1.82) is 0 Å². The summed E-state index contributed by atoms with van der Waals surface area (Å²) in [4.78, 5) is 27.1. The van der Waals surface area contributed by atoms with E-state index in [4.69, 9.17) is 5.11 Å². The van der Waals surface area contributed by atoms with Crippen LogP contribution in [-0.2, 0) is 4.79 Å². The highest BCUT2D eigenvalue weighted by atomic mass is 16.4. The van der Waals surface area contributed by atoms with E-state index in [0.29, 0.717) is 12.1 Å². The van der Waals surface area contributed by atoms with Crippen molar-refractivity contribution >= 4 is 17.7 Å². The van der Waals surface area contributed by atoms with Crippen LogP contribution in [0.2, 0.25) is 0 Å². The van der Waals surface area contributed by atoms with Crippen LogP contribution in [0.5, 0.6) is 0 Å². The number of hydrogen-bond acceptors (Lipinski definition) is 3. The molecule has 2 aromatic rings. The lowest BCUT2D eigenvalue weighted by molar-refractivity contribution is -0.118. The van der Waals surface area contributed by atoms with Crippen molar-refractivity contribution in [3.05, 3.63) is 48.8 Å². The van der Waals surface area contributed by atoms with Gasteiger partial charge in [-0.1, -0.05) is 26.0 Å². The molecule has 6 nitrogen and oxygen atoms in total. The van der Waals surface area contributed by atoms with Crippen molar-refractivity contribution < 1.29 is 14.7 Å². The number of pyridine rings is 1. The van der Waals surface area contributed by atoms with Crippen LogP contribution in [0, 0.1) is 5.92 Å². The third-order valence-electron chi connectivity index (χ3n) is 3.49. The zero-order valence-corrected chi connectivity index (χ0v) is 13.7. The first kappa shape index (κ1) is 17.5. The Balaban J connectivity index is 2.06. The lowest BCUT2D eigenvalue weighted by Crippen LogP contribution is -2.44. The van der Waals surface area contributed by atoms with Gasteiger partial charge in [0.05, 0.1) is 0 Å². The van der Waals surface area contributed by atoms with Crippen LogP contribution in [-0.4, -0.2) is 28.1 Å². The smallest absolute Gasteiger partial charge is 0.405 e. The number of carbonyl (C=O) groups excluding carboxylic acids is 1. The average molecular weight is 327 g/mol. The number of nitrogens with one attached hydrogen (secondary N) is 2. The Morgan fingerprint density at radius 3 is 2.17 bits per heavy atom. The van der Waals surface area contributed by atoms with E-state index in [1.165, 1.54) is 0 Å². The predicted molar refractivity (Wildman–Crippen MR) is 92.7 cm³/mol. The van der Waals surface area contributed by atoms with E-state index in [1.807, 2.05) is 38.1 Å². The minimum Gasteiger partial charge on any atom is -0.465 e. The molecule has 2 rings (SSSR count). The van der Waals surface area contributed by atoms with Crippen LogP contribution in [0.15, 0.2) is 48.8 Å². The number of amides is 2. The summed E-state index contributed by atoms with van der Waals surface area (Å²) in [6.07, 6.45) is 2.68. The van der Waals surface area contributed by atoms with Gasteiger partial charge in [-0.05, 0) is 47.7 Å². The Kier molecular flexibility index (Phi) is 5.89. The van der Waals surface area contributed by atoms with Crippen molar-refractivity contribution in [3.63, 3.8) is 0 Å². The van der Waals surface area contributed by atoms with E-state index in [-0.39, 0.29) is 11.8 Å². The molecule has 1 atom stereocenters. The van der Waals surface area contributed by atoms with Gasteiger partial charge in [-0.3, -0.25) is 9.78 Å². The number of nitrogens with zero attached hydrogens (tertiary/aromatic N) is 1. The van der Waals surface area contributed by atoms with Crippen LogP contribution < -0.4 is 10.6 Å². The van der Waals surface area contributed by atoms with Gasteiger partial charge in [0.15, 0.2) is 0 Å². The van der Waals surface area contributed by atoms with Gasteiger partial charge in [-0.25, -0.2) is 4.79 Å². The second kappa shape index (κ2) is 8.10. The molecule has 0 spiro atoms. The fourth-order valence-electron chi connectivity index (χ4n) is 2.37. The summed E-state index contributed by atoms with van der Waals surface area (Å²) in [5.74, 6) is -0.163. The average Bonchev–Trinajstić information content (AvgIpc) is 2.55. The molecule has 2 amide bonds. The first-order chi connectivity index (χ1) is 11.5. The molecule has 0 aliphatic heterocycles. The first-order valence-electron chi connectivity index (χ1n) is 7.76. The highest BCUT2D eigenvalue weighted by Gasteiger charge is 2.21.